The number of carbonyl (C=O) groups excluding carboxylic acids is 1. The molecule has 1 aromatic rings. The van der Waals surface area contributed by atoms with E-state index in [1.54, 1.807) is 12.1 Å². The highest BCUT2D eigenvalue weighted by Crippen LogP contribution is 2.23. The van der Waals surface area contributed by atoms with Gasteiger partial charge in [0.2, 0.25) is 0 Å². The molecule has 1 saturated heterocycles. The van der Waals surface area contributed by atoms with E-state index in [4.69, 9.17) is 4.74 Å². The van der Waals surface area contributed by atoms with Gasteiger partial charge in [0.05, 0.1) is 4.92 Å². The molecule has 0 saturated carbocycles. The molecule has 7 heteroatoms. The monoisotopic (exact) mass is 307 g/mol. The van der Waals surface area contributed by atoms with Crippen molar-refractivity contribution in [3.63, 3.8) is 0 Å². The molecule has 22 heavy (non-hydrogen) atoms. The minimum atomic E-state index is -0.546. The number of esters is 1. The average molecular weight is 307 g/mol. The minimum Gasteiger partial charge on any atom is -0.458 e. The van der Waals surface area contributed by atoms with Gasteiger partial charge in [0, 0.05) is 37.5 Å². The summed E-state index contributed by atoms with van der Waals surface area (Å²) in [6, 6.07) is 5.80. The van der Waals surface area contributed by atoms with E-state index in [9.17, 15) is 14.9 Å². The van der Waals surface area contributed by atoms with Crippen LogP contribution in [0.1, 0.15) is 20.8 Å². The Kier molecular flexibility index (Phi) is 4.65. The summed E-state index contributed by atoms with van der Waals surface area (Å²) in [5, 5.41) is 13.9. The van der Waals surface area contributed by atoms with Crippen LogP contribution in [0.3, 0.4) is 0 Å². The van der Waals surface area contributed by atoms with Gasteiger partial charge >= 0.3 is 5.97 Å². The molecule has 0 radical (unpaired) electrons. The molecule has 1 atom stereocenters. The molecule has 0 aliphatic carbocycles. The Bertz CT molecular complexity index is 551. The summed E-state index contributed by atoms with van der Waals surface area (Å²) in [5.41, 5.74) is 0.269. The first kappa shape index (κ1) is 16.2. The van der Waals surface area contributed by atoms with E-state index in [0.717, 1.165) is 12.2 Å². The van der Waals surface area contributed by atoms with Crippen LogP contribution in [0.15, 0.2) is 24.3 Å². The SMILES string of the molecule is CC(C)(C)OC(=O)C1CNCCN1c1ccc([N+](=O)[O-])cc1. The van der Waals surface area contributed by atoms with Gasteiger partial charge in [-0.15, -0.1) is 0 Å². The molecular weight excluding hydrogens is 286 g/mol. The van der Waals surface area contributed by atoms with Gasteiger partial charge in [-0.3, -0.25) is 10.1 Å². The summed E-state index contributed by atoms with van der Waals surface area (Å²) in [4.78, 5) is 24.6. The number of rotatable bonds is 3. The van der Waals surface area contributed by atoms with Gasteiger partial charge in [-0.1, -0.05) is 0 Å². The van der Waals surface area contributed by atoms with E-state index < -0.39 is 16.6 Å². The summed E-state index contributed by atoms with van der Waals surface area (Å²) in [5.74, 6) is -0.293. The van der Waals surface area contributed by atoms with Crippen molar-refractivity contribution in [3.8, 4) is 0 Å². The van der Waals surface area contributed by atoms with Crippen molar-refractivity contribution in [2.24, 2.45) is 0 Å². The average Bonchev–Trinajstić information content (AvgIpc) is 2.45. The number of hydrogen-bond acceptors (Lipinski definition) is 6. The Morgan fingerprint density at radius 2 is 2.00 bits per heavy atom. The van der Waals surface area contributed by atoms with E-state index in [1.165, 1.54) is 12.1 Å². The van der Waals surface area contributed by atoms with Crippen molar-refractivity contribution in [2.45, 2.75) is 32.4 Å². The molecule has 1 aromatic carbocycles. The van der Waals surface area contributed by atoms with Gasteiger partial charge in [0.25, 0.3) is 5.69 Å². The van der Waals surface area contributed by atoms with Crippen LogP contribution in [0, 0.1) is 10.1 Å². The number of nitrogens with zero attached hydrogens (tertiary/aromatic N) is 2. The lowest BCUT2D eigenvalue weighted by Gasteiger charge is -2.37. The molecule has 2 rings (SSSR count). The molecule has 1 N–H and O–H groups in total. The third-order valence-corrected chi connectivity index (χ3v) is 3.31. The van der Waals surface area contributed by atoms with Crippen LogP contribution in [-0.2, 0) is 9.53 Å². The summed E-state index contributed by atoms with van der Waals surface area (Å²) in [6.45, 7) is 7.37. The fourth-order valence-electron chi connectivity index (χ4n) is 2.36. The standard InChI is InChI=1S/C15H21N3O4/c1-15(2,3)22-14(19)13-10-16-8-9-17(13)11-4-6-12(7-5-11)18(20)21/h4-7,13,16H,8-10H2,1-3H3. The molecule has 0 spiro atoms. The van der Waals surface area contributed by atoms with E-state index in [-0.39, 0.29) is 11.7 Å². The van der Waals surface area contributed by atoms with Gasteiger partial charge in [-0.05, 0) is 32.9 Å². The molecule has 120 valence electrons. The largest absolute Gasteiger partial charge is 0.458 e. The zero-order chi connectivity index (χ0) is 16.3. The first-order valence-electron chi connectivity index (χ1n) is 7.22. The van der Waals surface area contributed by atoms with Crippen molar-refractivity contribution in [1.82, 2.24) is 5.32 Å². The van der Waals surface area contributed by atoms with Gasteiger partial charge in [-0.2, -0.15) is 0 Å². The first-order chi connectivity index (χ1) is 10.3. The van der Waals surface area contributed by atoms with Crippen molar-refractivity contribution >= 4 is 17.3 Å². The molecule has 0 aromatic heterocycles. The fraction of sp³-hybridized carbons (Fsp3) is 0.533. The maximum Gasteiger partial charge on any atom is 0.330 e. The van der Waals surface area contributed by atoms with E-state index >= 15 is 0 Å². The van der Waals surface area contributed by atoms with Crippen LogP contribution in [-0.4, -0.2) is 42.2 Å². The first-order valence-corrected chi connectivity index (χ1v) is 7.22. The summed E-state index contributed by atoms with van der Waals surface area (Å²) < 4.78 is 5.46. The molecule has 1 fully saturated rings. The Hall–Kier alpha value is -2.15. The number of piperazine rings is 1. The van der Waals surface area contributed by atoms with Gasteiger partial charge in [0.1, 0.15) is 11.6 Å². The Labute approximate surface area is 129 Å². The molecule has 7 nitrogen and oxygen atoms in total. The van der Waals surface area contributed by atoms with Crippen molar-refractivity contribution in [3.05, 3.63) is 34.4 Å². The second-order valence-electron chi connectivity index (χ2n) is 6.22. The lowest BCUT2D eigenvalue weighted by molar-refractivity contribution is -0.384. The normalized spacial score (nSPS) is 18.9. The number of hydrogen-bond donors (Lipinski definition) is 1. The van der Waals surface area contributed by atoms with Crippen LogP contribution in [0.4, 0.5) is 11.4 Å². The molecule has 1 unspecified atom stereocenters. The Balaban J connectivity index is 2.19. The third kappa shape index (κ3) is 3.94. The van der Waals surface area contributed by atoms with Crippen LogP contribution >= 0.6 is 0 Å². The highest BCUT2D eigenvalue weighted by Gasteiger charge is 2.32. The van der Waals surface area contributed by atoms with Crippen molar-refractivity contribution < 1.29 is 14.5 Å². The van der Waals surface area contributed by atoms with Crippen LogP contribution in [0.25, 0.3) is 0 Å². The Morgan fingerprint density at radius 3 is 2.55 bits per heavy atom. The van der Waals surface area contributed by atoms with E-state index in [2.05, 4.69) is 5.32 Å². The summed E-state index contributed by atoms with van der Waals surface area (Å²) >= 11 is 0. The highest BCUT2D eigenvalue weighted by atomic mass is 16.6. The smallest absolute Gasteiger partial charge is 0.330 e. The number of anilines is 1. The predicted molar refractivity (Wildman–Crippen MR) is 82.9 cm³/mol. The number of benzene rings is 1. The number of nitrogens with one attached hydrogen (secondary N) is 1. The van der Waals surface area contributed by atoms with E-state index in [0.29, 0.717) is 13.1 Å². The van der Waals surface area contributed by atoms with Crippen LogP contribution < -0.4 is 10.2 Å². The minimum absolute atomic E-state index is 0.0349. The molecule has 0 bridgehead atoms. The number of carbonyl (C=O) groups is 1. The maximum atomic E-state index is 12.4. The maximum absolute atomic E-state index is 12.4. The van der Waals surface area contributed by atoms with Crippen LogP contribution in [0.2, 0.25) is 0 Å². The summed E-state index contributed by atoms with van der Waals surface area (Å²) in [7, 11) is 0. The zero-order valence-corrected chi connectivity index (χ0v) is 13.0. The fourth-order valence-corrected chi connectivity index (χ4v) is 2.36. The van der Waals surface area contributed by atoms with Gasteiger partial charge in [-0.25, -0.2) is 4.79 Å². The molecule has 1 heterocycles. The lowest BCUT2D eigenvalue weighted by Crippen LogP contribution is -2.56. The van der Waals surface area contributed by atoms with Crippen molar-refractivity contribution in [1.29, 1.82) is 0 Å². The Morgan fingerprint density at radius 1 is 1.36 bits per heavy atom. The summed E-state index contributed by atoms with van der Waals surface area (Å²) in [6.07, 6.45) is 0. The topological polar surface area (TPSA) is 84.7 Å². The zero-order valence-electron chi connectivity index (χ0n) is 13.0. The lowest BCUT2D eigenvalue weighted by atomic mass is 10.1. The quantitative estimate of drug-likeness (QED) is 0.520. The predicted octanol–water partition coefficient (Wildman–Crippen LogP) is 1.71. The molecule has 0 amide bonds. The molecule has 1 aliphatic rings. The number of non-ortho nitro benzene ring substituents is 1. The van der Waals surface area contributed by atoms with E-state index in [1.807, 2.05) is 25.7 Å². The van der Waals surface area contributed by atoms with Gasteiger partial charge in [0.15, 0.2) is 0 Å². The molecule has 1 aliphatic heterocycles. The number of nitro groups is 1. The third-order valence-electron chi connectivity index (χ3n) is 3.31. The second-order valence-corrected chi connectivity index (χ2v) is 6.22. The second kappa shape index (κ2) is 6.31. The highest BCUT2D eigenvalue weighted by molar-refractivity contribution is 5.81. The van der Waals surface area contributed by atoms with Crippen LogP contribution in [0.5, 0.6) is 0 Å². The van der Waals surface area contributed by atoms with Crippen molar-refractivity contribution in [2.75, 3.05) is 24.5 Å². The number of ether oxygens (including phenoxy) is 1. The molecular formula is C15H21N3O4. The van der Waals surface area contributed by atoms with Gasteiger partial charge < -0.3 is 15.0 Å². The number of nitro benzene ring substituents is 1.